The van der Waals surface area contributed by atoms with Gasteiger partial charge in [0.05, 0.1) is 22.8 Å². The van der Waals surface area contributed by atoms with Crippen molar-refractivity contribution in [3.05, 3.63) is 65.2 Å². The molecule has 1 fully saturated rings. The van der Waals surface area contributed by atoms with Crippen LogP contribution in [0.5, 0.6) is 0 Å². The summed E-state index contributed by atoms with van der Waals surface area (Å²) in [5.41, 5.74) is 2.25. The summed E-state index contributed by atoms with van der Waals surface area (Å²) in [6.45, 7) is 3.09. The highest BCUT2D eigenvalue weighted by Gasteiger charge is 2.33. The predicted molar refractivity (Wildman–Crippen MR) is 112 cm³/mol. The van der Waals surface area contributed by atoms with E-state index in [1.165, 1.54) is 0 Å². The minimum atomic E-state index is -0.940. The SMILES string of the molecule is CN(CC1(O)CCN(CCc2cccc(C#N)c2)CC1)c1ccc(C(=O)O)cc1. The van der Waals surface area contributed by atoms with Crippen molar-refractivity contribution < 1.29 is 15.0 Å². The molecule has 29 heavy (non-hydrogen) atoms. The van der Waals surface area contributed by atoms with Crippen LogP contribution < -0.4 is 4.90 Å². The Bertz CT molecular complexity index is 881. The number of anilines is 1. The van der Waals surface area contributed by atoms with Crippen molar-refractivity contribution in [3.63, 3.8) is 0 Å². The second kappa shape index (κ2) is 9.08. The number of rotatable bonds is 7. The number of carboxylic acids is 1. The van der Waals surface area contributed by atoms with Gasteiger partial charge in [-0.3, -0.25) is 0 Å². The molecule has 0 radical (unpaired) electrons. The Morgan fingerprint density at radius 3 is 2.52 bits per heavy atom. The molecule has 0 amide bonds. The molecular weight excluding hydrogens is 366 g/mol. The lowest BCUT2D eigenvalue weighted by atomic mass is 9.90. The van der Waals surface area contributed by atoms with Crippen LogP contribution in [-0.4, -0.2) is 59.9 Å². The number of nitriles is 1. The zero-order chi connectivity index (χ0) is 20.9. The third kappa shape index (κ3) is 5.57. The molecule has 1 heterocycles. The van der Waals surface area contributed by atoms with Gasteiger partial charge in [-0.25, -0.2) is 4.79 Å². The van der Waals surface area contributed by atoms with E-state index in [1.54, 1.807) is 24.3 Å². The molecule has 0 atom stereocenters. The number of aliphatic hydroxyl groups is 1. The molecule has 0 saturated carbocycles. The lowest BCUT2D eigenvalue weighted by Gasteiger charge is -2.40. The molecule has 0 bridgehead atoms. The van der Waals surface area contributed by atoms with Gasteiger partial charge in [-0.15, -0.1) is 0 Å². The highest BCUT2D eigenvalue weighted by atomic mass is 16.4. The molecular formula is C23H27N3O3. The van der Waals surface area contributed by atoms with Crippen LogP contribution in [0.2, 0.25) is 0 Å². The van der Waals surface area contributed by atoms with E-state index in [0.29, 0.717) is 24.9 Å². The highest BCUT2D eigenvalue weighted by Crippen LogP contribution is 2.25. The minimum absolute atomic E-state index is 0.259. The van der Waals surface area contributed by atoms with E-state index in [1.807, 2.05) is 36.2 Å². The smallest absolute Gasteiger partial charge is 0.335 e. The van der Waals surface area contributed by atoms with E-state index in [2.05, 4.69) is 11.0 Å². The maximum Gasteiger partial charge on any atom is 0.335 e. The molecule has 1 aliphatic rings. The van der Waals surface area contributed by atoms with Gasteiger partial charge in [0.1, 0.15) is 0 Å². The topological polar surface area (TPSA) is 87.8 Å². The lowest BCUT2D eigenvalue weighted by Crippen LogP contribution is -2.50. The Morgan fingerprint density at radius 2 is 1.90 bits per heavy atom. The van der Waals surface area contributed by atoms with Crippen molar-refractivity contribution in [2.45, 2.75) is 24.9 Å². The first-order chi connectivity index (χ1) is 13.9. The van der Waals surface area contributed by atoms with Gasteiger partial charge in [0.25, 0.3) is 0 Å². The molecule has 1 aliphatic heterocycles. The van der Waals surface area contributed by atoms with Crippen LogP contribution in [0.25, 0.3) is 0 Å². The Balaban J connectivity index is 1.49. The number of hydrogen-bond acceptors (Lipinski definition) is 5. The molecule has 3 rings (SSSR count). The molecule has 0 aliphatic carbocycles. The number of hydrogen-bond donors (Lipinski definition) is 2. The minimum Gasteiger partial charge on any atom is -0.478 e. The van der Waals surface area contributed by atoms with Gasteiger partial charge in [-0.1, -0.05) is 12.1 Å². The van der Waals surface area contributed by atoms with Crippen molar-refractivity contribution in [1.29, 1.82) is 5.26 Å². The highest BCUT2D eigenvalue weighted by molar-refractivity contribution is 5.88. The molecule has 1 saturated heterocycles. The molecule has 2 N–H and O–H groups in total. The maximum atomic E-state index is 11.0. The number of likely N-dealkylation sites (tertiary alicyclic amines) is 1. The summed E-state index contributed by atoms with van der Waals surface area (Å²) in [6.07, 6.45) is 2.29. The molecule has 6 nitrogen and oxygen atoms in total. The average molecular weight is 393 g/mol. The molecule has 152 valence electrons. The standard InChI is InChI=1S/C23H27N3O3/c1-25(21-7-5-20(6-8-21)22(27)28)17-23(29)10-13-26(14-11-23)12-9-18-3-2-4-19(15-18)16-24/h2-8,15,29H,9-14,17H2,1H3,(H,27,28). The first-order valence-corrected chi connectivity index (χ1v) is 9.87. The number of carboxylic acid groups (broad SMARTS) is 1. The second-order valence-corrected chi connectivity index (χ2v) is 7.84. The number of carbonyl (C=O) groups is 1. The van der Waals surface area contributed by atoms with Gasteiger partial charge in [0.15, 0.2) is 0 Å². The molecule has 0 spiro atoms. The van der Waals surface area contributed by atoms with Crippen LogP contribution in [0.15, 0.2) is 48.5 Å². The molecule has 0 unspecified atom stereocenters. The molecule has 0 aromatic heterocycles. The fourth-order valence-electron chi connectivity index (χ4n) is 3.83. The largest absolute Gasteiger partial charge is 0.478 e. The monoisotopic (exact) mass is 393 g/mol. The predicted octanol–water partition coefficient (Wildman–Crippen LogP) is 2.76. The number of piperidine rings is 1. The number of nitrogens with zero attached hydrogens (tertiary/aromatic N) is 3. The van der Waals surface area contributed by atoms with Gasteiger partial charge in [-0.05, 0) is 61.2 Å². The summed E-state index contributed by atoms with van der Waals surface area (Å²) >= 11 is 0. The van der Waals surface area contributed by atoms with Crippen LogP contribution in [0.1, 0.15) is 34.3 Å². The number of likely N-dealkylation sites (N-methyl/N-ethyl adjacent to an activating group) is 1. The van der Waals surface area contributed by atoms with Crippen LogP contribution in [-0.2, 0) is 6.42 Å². The summed E-state index contributed by atoms with van der Waals surface area (Å²) in [4.78, 5) is 15.3. The lowest BCUT2D eigenvalue weighted by molar-refractivity contribution is -0.0137. The van der Waals surface area contributed by atoms with Crippen LogP contribution in [0.4, 0.5) is 5.69 Å². The van der Waals surface area contributed by atoms with Crippen LogP contribution >= 0.6 is 0 Å². The fraction of sp³-hybridized carbons (Fsp3) is 0.391. The third-order valence-corrected chi connectivity index (χ3v) is 5.65. The molecule has 2 aromatic carbocycles. The zero-order valence-corrected chi connectivity index (χ0v) is 16.7. The Kier molecular flexibility index (Phi) is 6.53. The Hall–Kier alpha value is -2.88. The molecule has 6 heteroatoms. The van der Waals surface area contributed by atoms with Crippen molar-refractivity contribution in [2.24, 2.45) is 0 Å². The quantitative estimate of drug-likeness (QED) is 0.752. The average Bonchev–Trinajstić information content (AvgIpc) is 2.73. The second-order valence-electron chi connectivity index (χ2n) is 7.84. The van der Waals surface area contributed by atoms with Gasteiger partial charge in [-0.2, -0.15) is 5.26 Å². The fourth-order valence-corrected chi connectivity index (χ4v) is 3.83. The van der Waals surface area contributed by atoms with Crippen molar-refractivity contribution in [1.82, 2.24) is 4.90 Å². The first kappa shape index (κ1) is 20.8. The molecule has 2 aromatic rings. The van der Waals surface area contributed by atoms with E-state index in [4.69, 9.17) is 10.4 Å². The Morgan fingerprint density at radius 1 is 1.21 bits per heavy atom. The van der Waals surface area contributed by atoms with E-state index >= 15 is 0 Å². The number of benzene rings is 2. The van der Waals surface area contributed by atoms with Crippen molar-refractivity contribution in [3.8, 4) is 6.07 Å². The third-order valence-electron chi connectivity index (χ3n) is 5.65. The Labute approximate surface area is 171 Å². The van der Waals surface area contributed by atoms with Gasteiger partial charge in [0, 0.05) is 38.9 Å². The van der Waals surface area contributed by atoms with Gasteiger partial charge < -0.3 is 20.0 Å². The summed E-state index contributed by atoms with van der Waals surface area (Å²) in [5.74, 6) is -0.940. The summed E-state index contributed by atoms with van der Waals surface area (Å²) in [7, 11) is 1.92. The summed E-state index contributed by atoms with van der Waals surface area (Å²) < 4.78 is 0. The van der Waals surface area contributed by atoms with Gasteiger partial charge in [0.2, 0.25) is 0 Å². The number of aromatic carboxylic acids is 1. The van der Waals surface area contributed by atoms with Crippen molar-refractivity contribution >= 4 is 11.7 Å². The summed E-state index contributed by atoms with van der Waals surface area (Å²) in [6, 6.07) is 16.6. The van der Waals surface area contributed by atoms with E-state index < -0.39 is 11.6 Å². The van der Waals surface area contributed by atoms with E-state index in [-0.39, 0.29) is 5.56 Å². The van der Waals surface area contributed by atoms with E-state index in [9.17, 15) is 9.90 Å². The van der Waals surface area contributed by atoms with Crippen molar-refractivity contribution in [2.75, 3.05) is 38.1 Å². The zero-order valence-electron chi connectivity index (χ0n) is 16.7. The summed E-state index contributed by atoms with van der Waals surface area (Å²) in [5, 5.41) is 29.0. The normalized spacial score (nSPS) is 16.2. The van der Waals surface area contributed by atoms with Gasteiger partial charge >= 0.3 is 5.97 Å². The van der Waals surface area contributed by atoms with E-state index in [0.717, 1.165) is 37.3 Å². The van der Waals surface area contributed by atoms with Crippen LogP contribution in [0.3, 0.4) is 0 Å². The maximum absolute atomic E-state index is 11.0. The van der Waals surface area contributed by atoms with Crippen LogP contribution in [0, 0.1) is 11.3 Å². The first-order valence-electron chi connectivity index (χ1n) is 9.87.